The molecule has 0 spiro atoms. The molecule has 86 heavy (non-hydrogen) atoms. The zero-order valence-electron chi connectivity index (χ0n) is 45.4. The van der Waals surface area contributed by atoms with Gasteiger partial charge < -0.3 is 44.2 Å². The predicted molar refractivity (Wildman–Crippen MR) is 301 cm³/mol. The number of tetrazole rings is 1. The lowest BCUT2D eigenvalue weighted by Gasteiger charge is -2.37. The summed E-state index contributed by atoms with van der Waals surface area (Å²) >= 11 is 0. The van der Waals surface area contributed by atoms with Gasteiger partial charge in [-0.15, -0.1) is 5.10 Å². The second-order valence-corrected chi connectivity index (χ2v) is 21.5. The molecule has 5 heterocycles. The number of aliphatic hydroxyl groups is 3. The molecule has 3 N–H and O–H groups in total. The predicted octanol–water partition coefficient (Wildman–Crippen LogP) is 11.1. The van der Waals surface area contributed by atoms with Gasteiger partial charge >= 0.3 is 25.4 Å². The van der Waals surface area contributed by atoms with E-state index in [4.69, 9.17) is 9.31 Å². The highest BCUT2D eigenvalue weighted by Gasteiger charge is 2.58. The van der Waals surface area contributed by atoms with Crippen LogP contribution < -0.4 is 25.1 Å². The second-order valence-electron chi connectivity index (χ2n) is 21.5. The van der Waals surface area contributed by atoms with Gasteiger partial charge in [0.2, 0.25) is 0 Å². The minimum atomic E-state index is -4.94. The standard InChI is InChI=1S/C33H27F8N7O2.C24H29BF4N2O3.2CH4/c34-23-4-7-27(28(36)16-23)31(50,18-48-19-43-44-45-48)32(37,38)29-8-3-21(17-42-29)20-1-5-25(6-2-20)46-9-11-47(12-10-46)26-14-22(13-24(35)15-26)30(49)33(39,40)41;1-22(2)23(3,4)34-25(33-22)17-5-7-19(8-6-17)30-9-11-31(12-10-30)20-14-16(13-18(26)15-20)21(32)24(27,28)29;;/h1-8,13-17,19,30,49-50H,9-12,18H2;5-8,13-15,21,32H,9-12H2,1-4H3;2*1H4/t30?,31-;;;/m0.../s1. The number of aliphatic hydroxyl groups excluding tert-OH is 2. The summed E-state index contributed by atoms with van der Waals surface area (Å²) in [6.45, 7) is 10.9. The summed E-state index contributed by atoms with van der Waals surface area (Å²) in [5.74, 6) is -8.35. The Labute approximate surface area is 489 Å². The molecule has 0 bridgehead atoms. The molecule has 3 atom stereocenters. The Bertz CT molecular complexity index is 3370. The summed E-state index contributed by atoms with van der Waals surface area (Å²) in [6.07, 6.45) is -13.2. The number of benzene rings is 5. The van der Waals surface area contributed by atoms with E-state index in [-0.39, 0.29) is 20.5 Å². The number of hydrogen-bond acceptors (Lipinski definition) is 13. The largest absolute Gasteiger partial charge is 0.494 e. The van der Waals surface area contributed by atoms with E-state index >= 15 is 8.78 Å². The van der Waals surface area contributed by atoms with Crippen molar-refractivity contribution in [1.29, 1.82) is 0 Å². The van der Waals surface area contributed by atoms with Crippen molar-refractivity contribution in [3.8, 4) is 11.1 Å². The summed E-state index contributed by atoms with van der Waals surface area (Å²) in [6, 6.07) is 25.2. The van der Waals surface area contributed by atoms with Gasteiger partial charge in [-0.1, -0.05) is 45.2 Å². The maximum absolute atomic E-state index is 16.1. The molecule has 27 heteroatoms. The van der Waals surface area contributed by atoms with E-state index in [1.54, 1.807) is 29.2 Å². The van der Waals surface area contributed by atoms with Gasteiger partial charge in [-0.25, -0.2) is 22.2 Å². The normalized spacial score (nSPS) is 17.6. The molecule has 3 aliphatic heterocycles. The number of aromatic nitrogens is 5. The monoisotopic (exact) mass is 1220 g/mol. The van der Waals surface area contributed by atoms with Crippen molar-refractivity contribution in [2.75, 3.05) is 72.0 Å². The fourth-order valence-electron chi connectivity index (χ4n) is 10.0. The lowest BCUT2D eigenvalue weighted by Crippen LogP contribution is -2.48. The molecule has 462 valence electrons. The van der Waals surface area contributed by atoms with Gasteiger partial charge in [0, 0.05) is 98.5 Å². The number of anilines is 4. The fraction of sp³-hybridized carbons (Fsp3) is 0.390. The van der Waals surface area contributed by atoms with Crippen LogP contribution >= 0.6 is 0 Å². The van der Waals surface area contributed by atoms with Crippen LogP contribution in [0, 0.1) is 23.3 Å². The second kappa shape index (κ2) is 25.5. The SMILES string of the molecule is C.C.CC1(C)OB(c2ccc(N3CCN(c4cc(F)cc(C(O)C(F)(F)F)c4)CC3)cc2)OC1(C)C.OC(c1cc(F)cc(N2CCN(c3ccc(-c4ccc(C(F)(F)[C@](O)(Cn5cnnn5)c5ccc(F)cc5F)nc4)cc3)CC2)c1)C(F)(F)F. The first-order valence-corrected chi connectivity index (χ1v) is 26.3. The van der Waals surface area contributed by atoms with Crippen molar-refractivity contribution in [2.24, 2.45) is 0 Å². The lowest BCUT2D eigenvalue weighted by molar-refractivity contribution is -0.207. The lowest BCUT2D eigenvalue weighted by atomic mass is 9.79. The number of nitrogens with zero attached hydrogens (tertiary/aromatic N) is 9. The highest BCUT2D eigenvalue weighted by Crippen LogP contribution is 2.47. The number of pyridine rings is 1. The van der Waals surface area contributed by atoms with E-state index < -0.39 is 107 Å². The van der Waals surface area contributed by atoms with Gasteiger partial charge in [0.25, 0.3) is 0 Å². The molecule has 5 aromatic carbocycles. The van der Waals surface area contributed by atoms with Gasteiger partial charge in [-0.2, -0.15) is 35.1 Å². The van der Waals surface area contributed by atoms with E-state index in [0.29, 0.717) is 81.3 Å². The summed E-state index contributed by atoms with van der Waals surface area (Å²) in [4.78, 5) is 11.6. The molecule has 0 saturated carbocycles. The molecular formula is C59H64BF12N9O5. The third-order valence-electron chi connectivity index (χ3n) is 15.5. The highest BCUT2D eigenvalue weighted by atomic mass is 19.4. The van der Waals surface area contributed by atoms with Crippen LogP contribution in [-0.4, -0.2) is 124 Å². The zero-order valence-corrected chi connectivity index (χ0v) is 45.4. The van der Waals surface area contributed by atoms with Crippen LogP contribution in [0.25, 0.3) is 11.1 Å². The number of halogens is 12. The average molecular weight is 1220 g/mol. The third-order valence-corrected chi connectivity index (χ3v) is 15.5. The minimum absolute atomic E-state index is 0. The average Bonchev–Trinajstić information content (AvgIpc) is 0.998. The van der Waals surface area contributed by atoms with Gasteiger partial charge in [-0.3, -0.25) is 4.98 Å². The van der Waals surface area contributed by atoms with E-state index in [1.807, 2.05) is 61.8 Å². The summed E-state index contributed by atoms with van der Waals surface area (Å²) in [5.41, 5.74) is -2.64. The Morgan fingerprint density at radius 2 is 0.988 bits per heavy atom. The molecule has 0 radical (unpaired) electrons. The first kappa shape index (κ1) is 66.1. The molecule has 2 unspecified atom stereocenters. The Morgan fingerprint density at radius 3 is 1.40 bits per heavy atom. The highest BCUT2D eigenvalue weighted by molar-refractivity contribution is 6.62. The molecule has 3 saturated heterocycles. The molecular weight excluding hydrogens is 1150 g/mol. The van der Waals surface area contributed by atoms with Gasteiger partial charge in [-0.05, 0) is 139 Å². The maximum Gasteiger partial charge on any atom is 0.494 e. The van der Waals surface area contributed by atoms with Crippen molar-refractivity contribution in [1.82, 2.24) is 25.2 Å². The van der Waals surface area contributed by atoms with Crippen LogP contribution in [0.1, 0.15) is 77.1 Å². The maximum atomic E-state index is 16.1. The number of alkyl halides is 8. The number of piperazine rings is 2. The Kier molecular flexibility index (Phi) is 19.6. The third kappa shape index (κ3) is 14.2. The first-order valence-electron chi connectivity index (χ1n) is 26.3. The molecule has 0 amide bonds. The zero-order chi connectivity index (χ0) is 60.7. The van der Waals surface area contributed by atoms with Crippen LogP contribution in [0.15, 0.2) is 128 Å². The Morgan fingerprint density at radius 1 is 0.547 bits per heavy atom. The van der Waals surface area contributed by atoms with Gasteiger partial charge in [0.05, 0.1) is 17.7 Å². The van der Waals surface area contributed by atoms with Crippen LogP contribution in [-0.2, 0) is 27.4 Å². The smallest absolute Gasteiger partial charge is 0.399 e. The summed E-state index contributed by atoms with van der Waals surface area (Å²) in [7, 11) is -0.440. The van der Waals surface area contributed by atoms with Crippen LogP contribution in [0.2, 0.25) is 0 Å². The van der Waals surface area contributed by atoms with Crippen molar-refractivity contribution >= 4 is 35.3 Å². The molecule has 3 fully saturated rings. The molecule has 10 rings (SSSR count). The van der Waals surface area contributed by atoms with Crippen molar-refractivity contribution in [3.63, 3.8) is 0 Å². The molecule has 0 aliphatic carbocycles. The van der Waals surface area contributed by atoms with Crippen LogP contribution in [0.3, 0.4) is 0 Å². The van der Waals surface area contributed by atoms with Crippen molar-refractivity contribution in [2.45, 2.75) is 96.4 Å². The van der Waals surface area contributed by atoms with E-state index in [1.165, 1.54) is 24.4 Å². The Hall–Kier alpha value is -7.46. The van der Waals surface area contributed by atoms with Crippen LogP contribution in [0.4, 0.5) is 75.4 Å². The molecule has 7 aromatic rings. The van der Waals surface area contributed by atoms with E-state index in [9.17, 15) is 59.2 Å². The molecule has 14 nitrogen and oxygen atoms in total. The van der Waals surface area contributed by atoms with Gasteiger partial charge in [0.1, 0.15) is 35.3 Å². The van der Waals surface area contributed by atoms with E-state index in [2.05, 4.69) is 25.4 Å². The van der Waals surface area contributed by atoms with Crippen LogP contribution in [0.5, 0.6) is 0 Å². The summed E-state index contributed by atoms with van der Waals surface area (Å²) in [5, 5.41) is 40.7. The first-order chi connectivity index (χ1) is 39.4. The number of hydrogen-bond donors (Lipinski definition) is 3. The number of rotatable bonds is 13. The Balaban J connectivity index is 0.000000258. The van der Waals surface area contributed by atoms with Crippen molar-refractivity contribution in [3.05, 3.63) is 173 Å². The van der Waals surface area contributed by atoms with Gasteiger partial charge in [0.15, 0.2) is 17.8 Å². The minimum Gasteiger partial charge on any atom is -0.399 e. The quantitative estimate of drug-likeness (QED) is 0.0744. The molecule has 3 aliphatic rings. The van der Waals surface area contributed by atoms with Crippen molar-refractivity contribution < 1.29 is 77.3 Å². The van der Waals surface area contributed by atoms with E-state index in [0.717, 1.165) is 64.2 Å². The fourth-order valence-corrected chi connectivity index (χ4v) is 10.0. The topological polar surface area (TPSA) is 149 Å². The summed E-state index contributed by atoms with van der Waals surface area (Å²) < 4.78 is 179. The molecule has 2 aromatic heterocycles.